The van der Waals surface area contributed by atoms with Crippen LogP contribution in [0.2, 0.25) is 10.0 Å². The van der Waals surface area contributed by atoms with Crippen molar-refractivity contribution in [3.8, 4) is 11.1 Å². The smallest absolute Gasteiger partial charge is 0.0610 e. The minimum atomic E-state index is 0.229. The summed E-state index contributed by atoms with van der Waals surface area (Å²) >= 11 is 12.2. The van der Waals surface area contributed by atoms with E-state index >= 15 is 0 Å². The molecule has 1 nitrogen and oxygen atoms in total. The molecule has 92 valence electrons. The lowest BCUT2D eigenvalue weighted by molar-refractivity contribution is 0.348. The van der Waals surface area contributed by atoms with E-state index in [0.717, 1.165) is 10.0 Å². The van der Waals surface area contributed by atoms with Crippen LogP contribution in [0.3, 0.4) is 0 Å². The molecule has 0 spiro atoms. The van der Waals surface area contributed by atoms with Crippen LogP contribution in [0.4, 0.5) is 0 Å². The molecule has 0 atom stereocenters. The molecule has 2 aromatic rings. The molecule has 0 heterocycles. The van der Waals surface area contributed by atoms with E-state index in [1.165, 1.54) is 22.3 Å². The lowest BCUT2D eigenvalue weighted by Gasteiger charge is -2.22. The zero-order valence-corrected chi connectivity index (χ0v) is 11.8. The van der Waals surface area contributed by atoms with Crippen LogP contribution in [0, 0.1) is 0 Å². The zero-order chi connectivity index (χ0) is 12.9. The monoisotopic (exact) mass is 277 g/mol. The highest BCUT2D eigenvalue weighted by Crippen LogP contribution is 2.47. The van der Waals surface area contributed by atoms with Crippen molar-refractivity contribution in [3.05, 3.63) is 57.6 Å². The van der Waals surface area contributed by atoms with Crippen molar-refractivity contribution >= 4 is 23.2 Å². The molecule has 0 aliphatic heterocycles. The quantitative estimate of drug-likeness (QED) is 0.735. The number of benzene rings is 2. The van der Waals surface area contributed by atoms with Gasteiger partial charge in [-0.15, -0.1) is 0 Å². The largest absolute Gasteiger partial charge is 0.299 e. The molecule has 3 rings (SSSR count). The SMILES string of the molecule is CN(C)C1c2cc(Cl)ccc2-c2ccc(Cl)cc21. The van der Waals surface area contributed by atoms with Gasteiger partial charge in [-0.25, -0.2) is 0 Å². The first kappa shape index (κ1) is 12.0. The molecule has 0 aromatic heterocycles. The van der Waals surface area contributed by atoms with E-state index in [-0.39, 0.29) is 6.04 Å². The summed E-state index contributed by atoms with van der Waals surface area (Å²) in [5.74, 6) is 0. The van der Waals surface area contributed by atoms with Gasteiger partial charge in [0.05, 0.1) is 6.04 Å². The molecule has 2 aromatic carbocycles. The van der Waals surface area contributed by atoms with Gasteiger partial charge in [0.25, 0.3) is 0 Å². The first-order valence-electron chi connectivity index (χ1n) is 5.83. The lowest BCUT2D eigenvalue weighted by atomic mass is 10.0. The van der Waals surface area contributed by atoms with Crippen molar-refractivity contribution in [1.82, 2.24) is 4.90 Å². The average molecular weight is 278 g/mol. The second kappa shape index (κ2) is 4.27. The molecule has 0 unspecified atom stereocenters. The van der Waals surface area contributed by atoms with Gasteiger partial charge in [0.1, 0.15) is 0 Å². The number of nitrogens with zero attached hydrogens (tertiary/aromatic N) is 1. The van der Waals surface area contributed by atoms with Crippen molar-refractivity contribution in [2.75, 3.05) is 14.1 Å². The maximum atomic E-state index is 6.12. The van der Waals surface area contributed by atoms with Gasteiger partial charge >= 0.3 is 0 Å². The molecule has 3 heteroatoms. The molecule has 18 heavy (non-hydrogen) atoms. The third-order valence-corrected chi connectivity index (χ3v) is 3.89. The molecule has 0 amide bonds. The Morgan fingerprint density at radius 1 is 0.833 bits per heavy atom. The van der Waals surface area contributed by atoms with Gasteiger partial charge in [-0.2, -0.15) is 0 Å². The zero-order valence-electron chi connectivity index (χ0n) is 10.2. The van der Waals surface area contributed by atoms with Crippen LogP contribution in [-0.2, 0) is 0 Å². The van der Waals surface area contributed by atoms with Crippen molar-refractivity contribution in [1.29, 1.82) is 0 Å². The van der Waals surface area contributed by atoms with Crippen molar-refractivity contribution in [2.45, 2.75) is 6.04 Å². The Balaban J connectivity index is 2.29. The minimum absolute atomic E-state index is 0.229. The Morgan fingerprint density at radius 3 is 1.67 bits per heavy atom. The van der Waals surface area contributed by atoms with E-state index in [4.69, 9.17) is 23.2 Å². The Labute approximate surface area is 117 Å². The molecule has 0 fully saturated rings. The molecule has 1 aliphatic carbocycles. The fraction of sp³-hybridized carbons (Fsp3) is 0.200. The number of fused-ring (bicyclic) bond motifs is 3. The van der Waals surface area contributed by atoms with Crippen LogP contribution in [0.1, 0.15) is 17.2 Å². The topological polar surface area (TPSA) is 3.24 Å². The maximum Gasteiger partial charge on any atom is 0.0610 e. The average Bonchev–Trinajstić information content (AvgIpc) is 2.60. The second-order valence-electron chi connectivity index (χ2n) is 4.83. The normalized spacial score (nSPS) is 13.8. The van der Waals surface area contributed by atoms with Crippen molar-refractivity contribution < 1.29 is 0 Å². The molecule has 0 N–H and O–H groups in total. The molecule has 0 saturated heterocycles. The first-order chi connectivity index (χ1) is 8.58. The van der Waals surface area contributed by atoms with Crippen LogP contribution < -0.4 is 0 Å². The number of rotatable bonds is 1. The highest BCUT2D eigenvalue weighted by atomic mass is 35.5. The number of hydrogen-bond acceptors (Lipinski definition) is 1. The molecule has 0 bridgehead atoms. The highest BCUT2D eigenvalue weighted by Gasteiger charge is 2.30. The predicted molar refractivity (Wildman–Crippen MR) is 77.4 cm³/mol. The first-order valence-corrected chi connectivity index (χ1v) is 6.59. The third kappa shape index (κ3) is 1.74. The molecular formula is C15H13Cl2N. The molecule has 0 saturated carbocycles. The summed E-state index contributed by atoms with van der Waals surface area (Å²) in [6.07, 6.45) is 0. The van der Waals surface area contributed by atoms with E-state index in [2.05, 4.69) is 43.3 Å². The molecular weight excluding hydrogens is 265 g/mol. The Morgan fingerprint density at radius 2 is 1.28 bits per heavy atom. The van der Waals surface area contributed by atoms with Crippen molar-refractivity contribution in [3.63, 3.8) is 0 Å². The minimum Gasteiger partial charge on any atom is -0.299 e. The van der Waals surface area contributed by atoms with E-state index in [0.29, 0.717) is 0 Å². The summed E-state index contributed by atoms with van der Waals surface area (Å²) in [6, 6.07) is 12.4. The van der Waals surface area contributed by atoms with Crippen molar-refractivity contribution in [2.24, 2.45) is 0 Å². The number of halogens is 2. The van der Waals surface area contributed by atoms with E-state index < -0.39 is 0 Å². The van der Waals surface area contributed by atoms with Gasteiger partial charge in [-0.3, -0.25) is 4.90 Å². The Hall–Kier alpha value is -1.02. The van der Waals surface area contributed by atoms with E-state index in [9.17, 15) is 0 Å². The molecule has 1 aliphatic rings. The summed E-state index contributed by atoms with van der Waals surface area (Å²) in [7, 11) is 4.15. The summed E-state index contributed by atoms with van der Waals surface area (Å²) in [5, 5.41) is 1.55. The van der Waals surface area contributed by atoms with Gasteiger partial charge in [0.2, 0.25) is 0 Å². The van der Waals surface area contributed by atoms with Crippen LogP contribution in [0.15, 0.2) is 36.4 Å². The second-order valence-corrected chi connectivity index (χ2v) is 5.70. The van der Waals surface area contributed by atoms with Gasteiger partial charge in [0, 0.05) is 10.0 Å². The summed E-state index contributed by atoms with van der Waals surface area (Å²) in [5.41, 5.74) is 5.02. The van der Waals surface area contributed by atoms with Crippen LogP contribution in [-0.4, -0.2) is 19.0 Å². The van der Waals surface area contributed by atoms with Crippen LogP contribution in [0.5, 0.6) is 0 Å². The molecule has 0 radical (unpaired) electrons. The third-order valence-electron chi connectivity index (χ3n) is 3.42. The van der Waals surface area contributed by atoms with E-state index in [1.807, 2.05) is 12.1 Å². The predicted octanol–water partition coefficient (Wildman–Crippen LogP) is 4.62. The van der Waals surface area contributed by atoms with Crippen LogP contribution >= 0.6 is 23.2 Å². The standard InChI is InChI=1S/C15H13Cl2N/c1-18(2)15-13-7-9(16)3-5-11(13)12-6-4-10(17)8-14(12)15/h3-8,15H,1-2H3. The van der Waals surface area contributed by atoms with Gasteiger partial charge in [0.15, 0.2) is 0 Å². The van der Waals surface area contributed by atoms with Gasteiger partial charge in [-0.05, 0) is 60.6 Å². The maximum absolute atomic E-state index is 6.12. The van der Waals surface area contributed by atoms with Gasteiger partial charge in [-0.1, -0.05) is 35.3 Å². The lowest BCUT2D eigenvalue weighted by Crippen LogP contribution is -2.18. The summed E-state index contributed by atoms with van der Waals surface area (Å²) in [4.78, 5) is 2.19. The summed E-state index contributed by atoms with van der Waals surface area (Å²) < 4.78 is 0. The van der Waals surface area contributed by atoms with Gasteiger partial charge < -0.3 is 0 Å². The van der Waals surface area contributed by atoms with Crippen LogP contribution in [0.25, 0.3) is 11.1 Å². The fourth-order valence-corrected chi connectivity index (χ4v) is 3.10. The summed E-state index contributed by atoms with van der Waals surface area (Å²) in [6.45, 7) is 0. The number of hydrogen-bond donors (Lipinski definition) is 0. The highest BCUT2D eigenvalue weighted by molar-refractivity contribution is 6.31. The van der Waals surface area contributed by atoms with E-state index in [1.54, 1.807) is 0 Å². The fourth-order valence-electron chi connectivity index (χ4n) is 2.73. The Bertz CT molecular complexity index is 568. The Kier molecular flexibility index (Phi) is 2.86.